The van der Waals surface area contributed by atoms with Gasteiger partial charge in [-0.1, -0.05) is 0 Å². The Balaban J connectivity index is 1.33. The van der Waals surface area contributed by atoms with Crippen molar-refractivity contribution in [2.24, 2.45) is 0 Å². The number of hydrogen-bond acceptors (Lipinski definition) is 7. The lowest BCUT2D eigenvalue weighted by Crippen LogP contribution is -2.33. The predicted molar refractivity (Wildman–Crippen MR) is 122 cm³/mol. The largest absolute Gasteiger partial charge is 0.444 e. The number of H-pyrrole nitrogens is 1. The summed E-state index contributed by atoms with van der Waals surface area (Å²) in [6.45, 7) is 3.99. The van der Waals surface area contributed by atoms with E-state index in [-0.39, 0.29) is 30.4 Å². The Morgan fingerprint density at radius 3 is 2.80 bits per heavy atom. The summed E-state index contributed by atoms with van der Waals surface area (Å²) < 4.78 is 40.4. The second-order valence-corrected chi connectivity index (χ2v) is 8.50. The lowest BCUT2D eigenvalue weighted by atomic mass is 10.1. The average molecular weight is 483 g/mol. The van der Waals surface area contributed by atoms with Crippen molar-refractivity contribution in [3.8, 4) is 11.3 Å². The summed E-state index contributed by atoms with van der Waals surface area (Å²) >= 11 is 0. The standard InChI is InChI=1S/C23H23F2N7O3/c1-12(2)27-23(33)35-16-8-19(34-11-16)18-9-20(31-30-18)29-22-28-17(10-21-26-3-4-32(21)22)13-5-14(24)7-15(25)6-13/h3-7,9-10,12,16,19H,8,11H2,1-2H3,(H,27,33)(H2,28,29,30,31). The number of anilines is 2. The number of nitrogens with one attached hydrogen (secondary N) is 3. The van der Waals surface area contributed by atoms with Crippen LogP contribution in [0.5, 0.6) is 0 Å². The van der Waals surface area contributed by atoms with Crippen LogP contribution in [0.3, 0.4) is 0 Å². The molecule has 0 saturated carbocycles. The molecule has 1 fully saturated rings. The van der Waals surface area contributed by atoms with Crippen molar-refractivity contribution in [1.29, 1.82) is 0 Å². The molecule has 35 heavy (non-hydrogen) atoms. The fourth-order valence-electron chi connectivity index (χ4n) is 3.86. The Bertz CT molecular complexity index is 1350. The topological polar surface area (TPSA) is 118 Å². The third-order valence-corrected chi connectivity index (χ3v) is 5.37. The molecule has 5 rings (SSSR count). The summed E-state index contributed by atoms with van der Waals surface area (Å²) in [6, 6.07) is 6.60. The van der Waals surface area contributed by atoms with Gasteiger partial charge in [0.2, 0.25) is 5.95 Å². The van der Waals surface area contributed by atoms with Gasteiger partial charge < -0.3 is 20.1 Å². The minimum atomic E-state index is -0.697. The lowest BCUT2D eigenvalue weighted by Gasteiger charge is -2.13. The number of imidazole rings is 1. The predicted octanol–water partition coefficient (Wildman–Crippen LogP) is 4.11. The number of fused-ring (bicyclic) bond motifs is 1. The molecule has 182 valence electrons. The minimum absolute atomic E-state index is 0.0177. The summed E-state index contributed by atoms with van der Waals surface area (Å²) in [5.74, 6) is -0.582. The van der Waals surface area contributed by atoms with Gasteiger partial charge in [0.1, 0.15) is 29.5 Å². The van der Waals surface area contributed by atoms with E-state index in [9.17, 15) is 13.6 Å². The number of carbonyl (C=O) groups is 1. The molecular formula is C23H23F2N7O3. The number of rotatable bonds is 6. The number of aromatic amines is 1. The van der Waals surface area contributed by atoms with E-state index in [1.807, 2.05) is 13.8 Å². The highest BCUT2D eigenvalue weighted by atomic mass is 19.1. The summed E-state index contributed by atoms with van der Waals surface area (Å²) in [6.07, 6.45) is 2.62. The Kier molecular flexibility index (Phi) is 6.03. The fourth-order valence-corrected chi connectivity index (χ4v) is 3.86. The highest BCUT2D eigenvalue weighted by molar-refractivity contribution is 5.68. The van der Waals surface area contributed by atoms with E-state index in [4.69, 9.17) is 9.47 Å². The van der Waals surface area contributed by atoms with E-state index in [1.165, 1.54) is 12.1 Å². The Hall–Kier alpha value is -4.06. The molecule has 2 atom stereocenters. The van der Waals surface area contributed by atoms with Gasteiger partial charge in [-0.2, -0.15) is 5.10 Å². The van der Waals surface area contributed by atoms with Crippen LogP contribution in [0.25, 0.3) is 16.9 Å². The molecule has 10 nitrogen and oxygen atoms in total. The molecule has 0 spiro atoms. The van der Waals surface area contributed by atoms with Crippen molar-refractivity contribution in [2.45, 2.75) is 38.5 Å². The number of carbonyl (C=O) groups excluding carboxylic acids is 1. The number of ether oxygens (including phenoxy) is 2. The number of hydrogen-bond donors (Lipinski definition) is 3. The molecule has 0 bridgehead atoms. The van der Waals surface area contributed by atoms with Crippen LogP contribution in [0.15, 0.2) is 42.7 Å². The number of alkyl carbamates (subject to hydrolysis) is 1. The zero-order valence-corrected chi connectivity index (χ0v) is 19.0. The summed E-state index contributed by atoms with van der Waals surface area (Å²) in [7, 11) is 0. The van der Waals surface area contributed by atoms with Crippen LogP contribution in [0.4, 0.5) is 25.3 Å². The first-order chi connectivity index (χ1) is 16.8. The summed E-state index contributed by atoms with van der Waals surface area (Å²) in [5.41, 5.74) is 1.87. The first kappa shape index (κ1) is 22.7. The first-order valence-corrected chi connectivity index (χ1v) is 11.1. The van der Waals surface area contributed by atoms with E-state index >= 15 is 0 Å². The molecular weight excluding hydrogens is 460 g/mol. The molecule has 3 N–H and O–H groups in total. The highest BCUT2D eigenvalue weighted by Crippen LogP contribution is 2.31. The Labute approximate surface area is 198 Å². The van der Waals surface area contributed by atoms with Crippen LogP contribution < -0.4 is 10.6 Å². The molecule has 1 amide bonds. The van der Waals surface area contributed by atoms with Crippen molar-refractivity contribution < 1.29 is 23.0 Å². The van der Waals surface area contributed by atoms with Crippen molar-refractivity contribution in [3.63, 3.8) is 0 Å². The fraction of sp³-hybridized carbons (Fsp3) is 0.304. The smallest absolute Gasteiger partial charge is 0.407 e. The molecule has 0 aliphatic carbocycles. The number of halogens is 2. The van der Waals surface area contributed by atoms with Gasteiger partial charge in [0.05, 0.1) is 18.0 Å². The average Bonchev–Trinajstić information content (AvgIpc) is 3.53. The van der Waals surface area contributed by atoms with Crippen LogP contribution in [0.2, 0.25) is 0 Å². The molecule has 4 heterocycles. The molecule has 2 unspecified atom stereocenters. The van der Waals surface area contributed by atoms with Gasteiger partial charge in [-0.3, -0.25) is 9.50 Å². The Morgan fingerprint density at radius 1 is 1.23 bits per heavy atom. The van der Waals surface area contributed by atoms with Gasteiger partial charge in [0.15, 0.2) is 5.82 Å². The second kappa shape index (κ2) is 9.29. The van der Waals surface area contributed by atoms with Gasteiger partial charge in [-0.25, -0.2) is 23.5 Å². The van der Waals surface area contributed by atoms with E-state index in [0.717, 1.165) is 6.07 Å². The van der Waals surface area contributed by atoms with Crippen molar-refractivity contribution in [3.05, 3.63) is 60.1 Å². The normalized spacial score (nSPS) is 17.7. The van der Waals surface area contributed by atoms with Crippen molar-refractivity contribution in [2.75, 3.05) is 11.9 Å². The van der Waals surface area contributed by atoms with Gasteiger partial charge in [0, 0.05) is 48.6 Å². The first-order valence-electron chi connectivity index (χ1n) is 11.1. The van der Waals surface area contributed by atoms with Crippen LogP contribution in [0, 0.1) is 11.6 Å². The number of aromatic nitrogens is 5. The molecule has 3 aromatic heterocycles. The zero-order valence-electron chi connectivity index (χ0n) is 19.0. The van der Waals surface area contributed by atoms with E-state index in [2.05, 4.69) is 30.8 Å². The second-order valence-electron chi connectivity index (χ2n) is 8.50. The zero-order chi connectivity index (χ0) is 24.5. The molecule has 1 aliphatic heterocycles. The number of amides is 1. The van der Waals surface area contributed by atoms with Crippen molar-refractivity contribution in [1.82, 2.24) is 29.9 Å². The summed E-state index contributed by atoms with van der Waals surface area (Å²) in [4.78, 5) is 20.6. The lowest BCUT2D eigenvalue weighted by molar-refractivity contribution is 0.0682. The van der Waals surface area contributed by atoms with Crippen LogP contribution in [0.1, 0.15) is 32.1 Å². The van der Waals surface area contributed by atoms with Crippen LogP contribution in [-0.4, -0.2) is 49.4 Å². The maximum atomic E-state index is 13.8. The van der Waals surface area contributed by atoms with Gasteiger partial charge in [-0.05, 0) is 26.0 Å². The number of benzene rings is 1. The molecule has 1 aromatic carbocycles. The minimum Gasteiger partial charge on any atom is -0.444 e. The monoisotopic (exact) mass is 483 g/mol. The van der Waals surface area contributed by atoms with Gasteiger partial charge >= 0.3 is 6.09 Å². The molecule has 1 saturated heterocycles. The number of nitrogens with zero attached hydrogens (tertiary/aromatic N) is 4. The van der Waals surface area contributed by atoms with E-state index < -0.39 is 17.7 Å². The third-order valence-electron chi connectivity index (χ3n) is 5.37. The molecule has 4 aromatic rings. The quantitative estimate of drug-likeness (QED) is 0.378. The van der Waals surface area contributed by atoms with Gasteiger partial charge in [-0.15, -0.1) is 0 Å². The molecule has 0 radical (unpaired) electrons. The Morgan fingerprint density at radius 2 is 2.03 bits per heavy atom. The summed E-state index contributed by atoms with van der Waals surface area (Å²) in [5, 5.41) is 13.0. The van der Waals surface area contributed by atoms with Crippen LogP contribution >= 0.6 is 0 Å². The SMILES string of the molecule is CC(C)NC(=O)OC1COC(c2cc(Nc3nc(-c4cc(F)cc(F)c4)cc4nccn34)n[nH]2)C1. The maximum Gasteiger partial charge on any atom is 0.407 e. The van der Waals surface area contributed by atoms with Gasteiger partial charge in [0.25, 0.3) is 0 Å². The van der Waals surface area contributed by atoms with E-state index in [1.54, 1.807) is 28.9 Å². The van der Waals surface area contributed by atoms with Crippen molar-refractivity contribution >= 4 is 23.5 Å². The molecule has 1 aliphatic rings. The highest BCUT2D eigenvalue weighted by Gasteiger charge is 2.31. The molecule has 12 heteroatoms. The maximum absolute atomic E-state index is 13.8. The third kappa shape index (κ3) is 5.06. The van der Waals surface area contributed by atoms with Crippen LogP contribution in [-0.2, 0) is 9.47 Å². The van der Waals surface area contributed by atoms with E-state index in [0.29, 0.717) is 35.2 Å².